The first-order valence-corrected chi connectivity index (χ1v) is 6.31. The Balaban J connectivity index is 2.50. The van der Waals surface area contributed by atoms with Crippen molar-refractivity contribution < 1.29 is 4.74 Å². The van der Waals surface area contributed by atoms with Crippen LogP contribution in [-0.2, 0) is 4.33 Å². The Morgan fingerprint density at radius 1 is 1.06 bits per heavy atom. The molecule has 0 spiro atoms. The van der Waals surface area contributed by atoms with Crippen molar-refractivity contribution in [3.63, 3.8) is 0 Å². The second kappa shape index (κ2) is 5.35. The van der Waals surface area contributed by atoms with Gasteiger partial charge in [0.1, 0.15) is 5.75 Å². The summed E-state index contributed by atoms with van der Waals surface area (Å²) in [5.74, 6) is 0.609. The molecule has 0 unspecified atom stereocenters. The van der Waals surface area contributed by atoms with Crippen molar-refractivity contribution in [3.05, 3.63) is 58.9 Å². The minimum Gasteiger partial charge on any atom is -0.497 e. The molecule has 0 aliphatic heterocycles. The molecule has 5 heteroatoms. The fourth-order valence-electron chi connectivity index (χ4n) is 1.59. The van der Waals surface area contributed by atoms with Crippen LogP contribution in [-0.4, -0.2) is 12.1 Å². The van der Waals surface area contributed by atoms with Crippen LogP contribution >= 0.6 is 34.8 Å². The molecule has 2 aromatic rings. The summed E-state index contributed by atoms with van der Waals surface area (Å²) in [5, 5.41) is 0.518. The van der Waals surface area contributed by atoms with Crippen LogP contribution in [0.3, 0.4) is 0 Å². The number of rotatable bonds is 3. The lowest BCUT2D eigenvalue weighted by atomic mass is 10.0. The van der Waals surface area contributed by atoms with Gasteiger partial charge in [-0.25, -0.2) is 0 Å². The molecule has 0 fully saturated rings. The van der Waals surface area contributed by atoms with Crippen molar-refractivity contribution in [2.75, 3.05) is 7.11 Å². The lowest BCUT2D eigenvalue weighted by Gasteiger charge is -2.21. The van der Waals surface area contributed by atoms with Gasteiger partial charge in [-0.1, -0.05) is 34.8 Å². The Labute approximate surface area is 120 Å². The SMILES string of the molecule is COc1cc(Cl)cc(C(Cl)(Cl)c2ccncc2)c1. The zero-order chi connectivity index (χ0) is 13.2. The molecule has 1 heterocycles. The third-order valence-corrected chi connectivity index (χ3v) is 3.60. The third kappa shape index (κ3) is 2.72. The van der Waals surface area contributed by atoms with Crippen LogP contribution in [0, 0.1) is 0 Å². The average Bonchev–Trinajstić information content (AvgIpc) is 2.39. The molecular weight excluding hydrogens is 293 g/mol. The van der Waals surface area contributed by atoms with Crippen LogP contribution in [0.4, 0.5) is 0 Å². The molecule has 0 saturated carbocycles. The number of ether oxygens (including phenoxy) is 1. The van der Waals surface area contributed by atoms with E-state index in [2.05, 4.69) is 4.98 Å². The first-order chi connectivity index (χ1) is 8.54. The number of nitrogens with zero attached hydrogens (tertiary/aromatic N) is 1. The molecule has 94 valence electrons. The van der Waals surface area contributed by atoms with Gasteiger partial charge in [0, 0.05) is 17.4 Å². The largest absolute Gasteiger partial charge is 0.497 e. The highest BCUT2D eigenvalue weighted by Gasteiger charge is 2.29. The highest BCUT2D eigenvalue weighted by atomic mass is 35.5. The van der Waals surface area contributed by atoms with Gasteiger partial charge in [-0.2, -0.15) is 0 Å². The number of alkyl halides is 2. The monoisotopic (exact) mass is 301 g/mol. The normalized spacial score (nSPS) is 11.3. The van der Waals surface area contributed by atoms with E-state index in [4.69, 9.17) is 39.5 Å². The molecule has 0 aliphatic carbocycles. The zero-order valence-corrected chi connectivity index (χ0v) is 11.8. The number of methoxy groups -OCH3 is 1. The number of aromatic nitrogens is 1. The van der Waals surface area contributed by atoms with E-state index in [0.29, 0.717) is 16.3 Å². The van der Waals surface area contributed by atoms with E-state index in [-0.39, 0.29) is 0 Å². The van der Waals surface area contributed by atoms with E-state index in [0.717, 1.165) is 5.56 Å². The summed E-state index contributed by atoms with van der Waals surface area (Å²) >= 11 is 18.8. The van der Waals surface area contributed by atoms with Crippen LogP contribution in [0.25, 0.3) is 0 Å². The van der Waals surface area contributed by atoms with Crippen LogP contribution in [0.1, 0.15) is 11.1 Å². The molecule has 0 saturated heterocycles. The number of hydrogen-bond acceptors (Lipinski definition) is 2. The second-order valence-corrected chi connectivity index (χ2v) is 5.45. The summed E-state index contributed by atoms with van der Waals surface area (Å²) in [6.45, 7) is 0. The van der Waals surface area contributed by atoms with Gasteiger partial charge in [0.15, 0.2) is 4.33 Å². The molecule has 0 radical (unpaired) electrons. The maximum absolute atomic E-state index is 6.41. The predicted octanol–water partition coefficient (Wildman–Crippen LogP) is 4.42. The Hall–Kier alpha value is -0.960. The smallest absolute Gasteiger partial charge is 0.168 e. The maximum Gasteiger partial charge on any atom is 0.168 e. The molecular formula is C13H10Cl3NO. The molecule has 1 aromatic heterocycles. The Kier molecular flexibility index (Phi) is 4.00. The van der Waals surface area contributed by atoms with E-state index < -0.39 is 4.33 Å². The molecule has 0 aliphatic rings. The van der Waals surface area contributed by atoms with Crippen LogP contribution in [0.2, 0.25) is 5.02 Å². The Morgan fingerprint density at radius 2 is 1.72 bits per heavy atom. The van der Waals surface area contributed by atoms with E-state index in [9.17, 15) is 0 Å². The number of benzene rings is 1. The Morgan fingerprint density at radius 3 is 2.33 bits per heavy atom. The van der Waals surface area contributed by atoms with Crippen molar-refractivity contribution in [1.82, 2.24) is 4.98 Å². The van der Waals surface area contributed by atoms with Gasteiger partial charge >= 0.3 is 0 Å². The summed E-state index contributed by atoms with van der Waals surface area (Å²) in [6, 6.07) is 8.68. The van der Waals surface area contributed by atoms with E-state index in [1.54, 1.807) is 49.8 Å². The number of halogens is 3. The molecule has 0 bridgehead atoms. The van der Waals surface area contributed by atoms with Gasteiger partial charge in [-0.15, -0.1) is 0 Å². The molecule has 1 aromatic carbocycles. The quantitative estimate of drug-likeness (QED) is 0.783. The summed E-state index contributed by atoms with van der Waals surface area (Å²) in [5.41, 5.74) is 1.38. The summed E-state index contributed by atoms with van der Waals surface area (Å²) in [6.07, 6.45) is 3.27. The Bertz CT molecular complexity index is 543. The van der Waals surface area contributed by atoms with Crippen molar-refractivity contribution in [3.8, 4) is 5.75 Å². The highest BCUT2D eigenvalue weighted by molar-refractivity contribution is 6.50. The van der Waals surface area contributed by atoms with Gasteiger partial charge in [0.25, 0.3) is 0 Å². The topological polar surface area (TPSA) is 22.1 Å². The van der Waals surface area contributed by atoms with Gasteiger partial charge in [-0.05, 0) is 41.5 Å². The van der Waals surface area contributed by atoms with Crippen LogP contribution < -0.4 is 4.74 Å². The van der Waals surface area contributed by atoms with Crippen molar-refractivity contribution in [2.24, 2.45) is 0 Å². The third-order valence-electron chi connectivity index (χ3n) is 2.51. The molecule has 0 amide bonds. The van der Waals surface area contributed by atoms with Gasteiger partial charge in [0.2, 0.25) is 0 Å². The first-order valence-electron chi connectivity index (χ1n) is 5.17. The van der Waals surface area contributed by atoms with Crippen LogP contribution in [0.5, 0.6) is 5.75 Å². The molecule has 2 rings (SSSR count). The van der Waals surface area contributed by atoms with Crippen LogP contribution in [0.15, 0.2) is 42.7 Å². The molecule has 0 atom stereocenters. The summed E-state index contributed by atoms with van der Waals surface area (Å²) in [4.78, 5) is 3.94. The number of hydrogen-bond donors (Lipinski definition) is 0. The molecule has 2 nitrogen and oxygen atoms in total. The summed E-state index contributed by atoms with van der Waals surface area (Å²) in [7, 11) is 1.56. The second-order valence-electron chi connectivity index (χ2n) is 3.69. The van der Waals surface area contributed by atoms with Crippen molar-refractivity contribution in [1.29, 1.82) is 0 Å². The van der Waals surface area contributed by atoms with E-state index >= 15 is 0 Å². The zero-order valence-electron chi connectivity index (χ0n) is 9.53. The highest BCUT2D eigenvalue weighted by Crippen LogP contribution is 2.42. The van der Waals surface area contributed by atoms with Crippen molar-refractivity contribution >= 4 is 34.8 Å². The fraction of sp³-hybridized carbons (Fsp3) is 0.154. The molecule has 0 N–H and O–H groups in total. The van der Waals surface area contributed by atoms with Gasteiger partial charge in [0.05, 0.1) is 7.11 Å². The average molecular weight is 303 g/mol. The summed E-state index contributed by atoms with van der Waals surface area (Å²) < 4.78 is 3.96. The maximum atomic E-state index is 6.41. The van der Waals surface area contributed by atoms with E-state index in [1.165, 1.54) is 0 Å². The fourth-order valence-corrected chi connectivity index (χ4v) is 2.29. The lowest BCUT2D eigenvalue weighted by Crippen LogP contribution is -2.12. The lowest BCUT2D eigenvalue weighted by molar-refractivity contribution is 0.414. The van der Waals surface area contributed by atoms with Crippen molar-refractivity contribution in [2.45, 2.75) is 4.33 Å². The van der Waals surface area contributed by atoms with Gasteiger partial charge in [-0.3, -0.25) is 4.98 Å². The minimum atomic E-state index is -1.19. The standard InChI is InChI=1S/C13H10Cl3NO/c1-18-12-7-10(6-11(14)8-12)13(15,16)9-2-4-17-5-3-9/h2-8H,1H3. The first kappa shape index (κ1) is 13.5. The predicted molar refractivity (Wildman–Crippen MR) is 74.7 cm³/mol. The number of pyridine rings is 1. The van der Waals surface area contributed by atoms with Gasteiger partial charge < -0.3 is 4.74 Å². The minimum absolute atomic E-state index is 0.518. The van der Waals surface area contributed by atoms with E-state index in [1.807, 2.05) is 0 Å². The molecule has 18 heavy (non-hydrogen) atoms.